The maximum Gasteiger partial charge on any atom is 0.326 e. The third-order valence-electron chi connectivity index (χ3n) is 5.44. The Morgan fingerprint density at radius 2 is 1.79 bits per heavy atom. The predicted molar refractivity (Wildman–Crippen MR) is 101 cm³/mol. The van der Waals surface area contributed by atoms with E-state index < -0.39 is 19.1 Å². The standard InChI is InChI=1S/C21H24N2O5/c1-4-9-22-13(2)10-17(14(22)3)18(24)12-28-19(25)11-23-20(26)15-7-5-6-8-16(15)21(23)27/h4-6,10,15-16H,1,7-9,11-12H2,2-3H3. The lowest BCUT2D eigenvalue weighted by Crippen LogP contribution is -2.37. The largest absolute Gasteiger partial charge is 0.456 e. The van der Waals surface area contributed by atoms with Gasteiger partial charge in [-0.15, -0.1) is 6.58 Å². The van der Waals surface area contributed by atoms with Gasteiger partial charge in [-0.2, -0.15) is 0 Å². The first kappa shape index (κ1) is 19.8. The molecule has 0 saturated carbocycles. The molecule has 7 nitrogen and oxygen atoms in total. The fourth-order valence-corrected chi connectivity index (χ4v) is 3.92. The van der Waals surface area contributed by atoms with Gasteiger partial charge in [-0.1, -0.05) is 18.2 Å². The first-order chi connectivity index (χ1) is 13.3. The van der Waals surface area contributed by atoms with Gasteiger partial charge in [0, 0.05) is 23.5 Å². The molecule has 7 heteroatoms. The smallest absolute Gasteiger partial charge is 0.326 e. The maximum absolute atomic E-state index is 12.4. The predicted octanol–water partition coefficient (Wildman–Crippen LogP) is 1.97. The molecule has 0 radical (unpaired) electrons. The summed E-state index contributed by atoms with van der Waals surface area (Å²) in [6.45, 7) is 7.12. The fraction of sp³-hybridized carbons (Fsp3) is 0.429. The Hall–Kier alpha value is -2.96. The van der Waals surface area contributed by atoms with Crippen molar-refractivity contribution in [2.45, 2.75) is 33.2 Å². The molecule has 148 valence electrons. The van der Waals surface area contributed by atoms with Gasteiger partial charge in [0.15, 0.2) is 6.61 Å². The molecule has 1 aliphatic heterocycles. The first-order valence-electron chi connectivity index (χ1n) is 9.31. The van der Waals surface area contributed by atoms with Crippen LogP contribution in [0.5, 0.6) is 0 Å². The lowest BCUT2D eigenvalue weighted by molar-refractivity contribution is -0.152. The van der Waals surface area contributed by atoms with Gasteiger partial charge >= 0.3 is 5.97 Å². The molecule has 2 heterocycles. The molecule has 2 unspecified atom stereocenters. The molecule has 1 aromatic rings. The molecular weight excluding hydrogens is 360 g/mol. The van der Waals surface area contributed by atoms with E-state index in [1.165, 1.54) is 0 Å². The number of hydrogen-bond acceptors (Lipinski definition) is 5. The van der Waals surface area contributed by atoms with E-state index in [0.29, 0.717) is 24.9 Å². The Labute approximate surface area is 163 Å². The van der Waals surface area contributed by atoms with E-state index in [1.54, 1.807) is 12.1 Å². The molecule has 1 fully saturated rings. The van der Waals surface area contributed by atoms with Crippen molar-refractivity contribution < 1.29 is 23.9 Å². The topological polar surface area (TPSA) is 85.7 Å². The molecule has 0 spiro atoms. The van der Waals surface area contributed by atoms with E-state index in [0.717, 1.165) is 16.3 Å². The third-order valence-corrected chi connectivity index (χ3v) is 5.44. The highest BCUT2D eigenvalue weighted by Crippen LogP contribution is 2.34. The number of likely N-dealkylation sites (tertiary alicyclic amines) is 1. The third kappa shape index (κ3) is 3.56. The maximum atomic E-state index is 12.4. The van der Waals surface area contributed by atoms with Gasteiger partial charge in [0.2, 0.25) is 17.6 Å². The minimum absolute atomic E-state index is 0.325. The molecule has 2 amide bonds. The number of ketones is 1. The fourth-order valence-electron chi connectivity index (χ4n) is 3.92. The van der Waals surface area contributed by atoms with Crippen LogP contribution in [0.3, 0.4) is 0 Å². The SMILES string of the molecule is C=CCn1c(C)cc(C(=O)COC(=O)CN2C(=O)C3CC=CCC3C2=O)c1C. The van der Waals surface area contributed by atoms with Crippen LogP contribution in [0.2, 0.25) is 0 Å². The molecule has 2 aliphatic rings. The number of fused-ring (bicyclic) bond motifs is 1. The zero-order valence-corrected chi connectivity index (χ0v) is 16.1. The molecule has 3 rings (SSSR count). The number of ether oxygens (including phenoxy) is 1. The average molecular weight is 384 g/mol. The number of nitrogens with zero attached hydrogens (tertiary/aromatic N) is 2. The second-order valence-corrected chi connectivity index (χ2v) is 7.19. The second kappa shape index (κ2) is 7.96. The number of hydrogen-bond donors (Lipinski definition) is 0. The van der Waals surface area contributed by atoms with Crippen molar-refractivity contribution in [3.63, 3.8) is 0 Å². The van der Waals surface area contributed by atoms with Crippen LogP contribution in [-0.4, -0.2) is 46.2 Å². The van der Waals surface area contributed by atoms with Crippen LogP contribution in [0.4, 0.5) is 0 Å². The quantitative estimate of drug-likeness (QED) is 0.311. The van der Waals surface area contributed by atoms with Crippen molar-refractivity contribution in [3.05, 3.63) is 47.8 Å². The van der Waals surface area contributed by atoms with Crippen molar-refractivity contribution in [3.8, 4) is 0 Å². The van der Waals surface area contributed by atoms with Crippen LogP contribution in [-0.2, 0) is 25.7 Å². The van der Waals surface area contributed by atoms with Crippen molar-refractivity contribution in [1.82, 2.24) is 9.47 Å². The van der Waals surface area contributed by atoms with E-state index in [2.05, 4.69) is 6.58 Å². The monoisotopic (exact) mass is 384 g/mol. The van der Waals surface area contributed by atoms with E-state index in [1.807, 2.05) is 30.6 Å². The van der Waals surface area contributed by atoms with Crippen LogP contribution < -0.4 is 0 Å². The van der Waals surface area contributed by atoms with E-state index in [4.69, 9.17) is 4.74 Å². The van der Waals surface area contributed by atoms with Crippen LogP contribution >= 0.6 is 0 Å². The molecule has 28 heavy (non-hydrogen) atoms. The molecule has 2 atom stereocenters. The van der Waals surface area contributed by atoms with Crippen molar-refractivity contribution in [2.75, 3.05) is 13.2 Å². The number of aryl methyl sites for hydroxylation is 1. The van der Waals surface area contributed by atoms with Crippen molar-refractivity contribution >= 4 is 23.6 Å². The van der Waals surface area contributed by atoms with Gasteiger partial charge in [0.1, 0.15) is 6.54 Å². The van der Waals surface area contributed by atoms with Crippen LogP contribution in [0.15, 0.2) is 30.9 Å². The van der Waals surface area contributed by atoms with Crippen LogP contribution in [0, 0.1) is 25.7 Å². The molecule has 1 aromatic heterocycles. The normalized spacial score (nSPS) is 21.0. The number of rotatable bonds is 7. The summed E-state index contributed by atoms with van der Waals surface area (Å²) in [6, 6.07) is 1.75. The van der Waals surface area contributed by atoms with E-state index >= 15 is 0 Å². The zero-order chi connectivity index (χ0) is 20.4. The minimum atomic E-state index is -0.762. The Kier molecular flexibility index (Phi) is 5.63. The Bertz CT molecular complexity index is 854. The summed E-state index contributed by atoms with van der Waals surface area (Å²) in [4.78, 5) is 50.3. The van der Waals surface area contributed by atoms with Gasteiger partial charge in [0.05, 0.1) is 11.8 Å². The molecule has 0 bridgehead atoms. The summed E-state index contributed by atoms with van der Waals surface area (Å²) in [5.74, 6) is -2.54. The van der Waals surface area contributed by atoms with E-state index in [9.17, 15) is 19.2 Å². The number of carbonyl (C=O) groups excluding carboxylic acids is 4. The summed E-state index contributed by atoms with van der Waals surface area (Å²) >= 11 is 0. The summed E-state index contributed by atoms with van der Waals surface area (Å²) in [6.07, 6.45) is 6.54. The number of allylic oxidation sites excluding steroid dienone is 3. The van der Waals surface area contributed by atoms with Gasteiger partial charge in [-0.3, -0.25) is 24.1 Å². The zero-order valence-electron chi connectivity index (χ0n) is 16.1. The highest BCUT2D eigenvalue weighted by Gasteiger charge is 2.47. The summed E-state index contributed by atoms with van der Waals surface area (Å²) in [5.41, 5.74) is 2.18. The first-order valence-corrected chi connectivity index (χ1v) is 9.31. The van der Waals surface area contributed by atoms with Crippen molar-refractivity contribution in [1.29, 1.82) is 0 Å². The number of esters is 1. The van der Waals surface area contributed by atoms with Crippen molar-refractivity contribution in [2.24, 2.45) is 11.8 Å². The molecule has 0 aromatic carbocycles. The number of carbonyl (C=O) groups is 4. The lowest BCUT2D eigenvalue weighted by Gasteiger charge is -2.14. The summed E-state index contributed by atoms with van der Waals surface area (Å²) in [7, 11) is 0. The number of imide groups is 1. The van der Waals surface area contributed by atoms with Gasteiger partial charge in [-0.25, -0.2) is 0 Å². The van der Waals surface area contributed by atoms with Gasteiger partial charge in [-0.05, 0) is 32.8 Å². The molecule has 0 N–H and O–H groups in total. The number of aromatic nitrogens is 1. The number of Topliss-reactive ketones (excluding diaryl/α,β-unsaturated/α-hetero) is 1. The Balaban J connectivity index is 1.58. The molecule has 1 aliphatic carbocycles. The second-order valence-electron chi connectivity index (χ2n) is 7.19. The minimum Gasteiger partial charge on any atom is -0.456 e. The van der Waals surface area contributed by atoms with Crippen LogP contribution in [0.25, 0.3) is 0 Å². The average Bonchev–Trinajstić information content (AvgIpc) is 3.10. The molecule has 1 saturated heterocycles. The highest BCUT2D eigenvalue weighted by atomic mass is 16.5. The highest BCUT2D eigenvalue weighted by molar-refractivity contribution is 6.07. The van der Waals surface area contributed by atoms with Crippen LogP contribution in [0.1, 0.15) is 34.6 Å². The summed E-state index contributed by atoms with van der Waals surface area (Å²) < 4.78 is 7.00. The Morgan fingerprint density at radius 3 is 2.36 bits per heavy atom. The summed E-state index contributed by atoms with van der Waals surface area (Å²) in [5, 5.41) is 0. The molecular formula is C21H24N2O5. The lowest BCUT2D eigenvalue weighted by atomic mass is 9.85. The number of amides is 2. The van der Waals surface area contributed by atoms with E-state index in [-0.39, 0.29) is 29.4 Å². The van der Waals surface area contributed by atoms with Gasteiger partial charge in [0.25, 0.3) is 0 Å². The Morgan fingerprint density at radius 1 is 1.18 bits per heavy atom. The van der Waals surface area contributed by atoms with Gasteiger partial charge < -0.3 is 9.30 Å².